The highest BCUT2D eigenvalue weighted by atomic mass is 16.5. The van der Waals surface area contributed by atoms with Gasteiger partial charge in [0.1, 0.15) is 11.8 Å². The molecule has 5 N–H and O–H groups in total. The third-order valence-corrected chi connectivity index (χ3v) is 3.42. The number of anilines is 1. The van der Waals surface area contributed by atoms with Crippen LogP contribution >= 0.6 is 0 Å². The van der Waals surface area contributed by atoms with Crippen LogP contribution in [0.15, 0.2) is 24.3 Å². The molecule has 1 aromatic rings. The van der Waals surface area contributed by atoms with Crippen molar-refractivity contribution in [2.45, 2.75) is 25.0 Å². The van der Waals surface area contributed by atoms with Crippen molar-refractivity contribution in [2.75, 3.05) is 18.9 Å². The van der Waals surface area contributed by atoms with Crippen LogP contribution in [-0.2, 0) is 9.59 Å². The summed E-state index contributed by atoms with van der Waals surface area (Å²) < 4.78 is 5.44. The van der Waals surface area contributed by atoms with Crippen LogP contribution in [0.25, 0.3) is 0 Å². The van der Waals surface area contributed by atoms with E-state index in [1.165, 1.54) is 4.90 Å². The number of hydrogen-bond acceptors (Lipinski definition) is 5. The zero-order chi connectivity index (χ0) is 15.4. The van der Waals surface area contributed by atoms with Gasteiger partial charge in [-0.25, -0.2) is 0 Å². The fourth-order valence-corrected chi connectivity index (χ4v) is 2.36. The van der Waals surface area contributed by atoms with Crippen molar-refractivity contribution < 1.29 is 19.4 Å². The number of primary amides is 1. The highest BCUT2D eigenvalue weighted by molar-refractivity contribution is 5.87. The van der Waals surface area contributed by atoms with Crippen LogP contribution < -0.4 is 16.2 Å². The zero-order valence-electron chi connectivity index (χ0n) is 11.6. The van der Waals surface area contributed by atoms with Crippen molar-refractivity contribution in [3.8, 4) is 5.75 Å². The van der Waals surface area contributed by atoms with E-state index in [4.69, 9.17) is 16.2 Å². The molecule has 0 radical (unpaired) electrons. The number of carbonyl (C=O) groups is 2. The topological polar surface area (TPSA) is 119 Å². The van der Waals surface area contributed by atoms with Crippen LogP contribution in [0.4, 0.5) is 5.69 Å². The lowest BCUT2D eigenvalue weighted by molar-refractivity contribution is -0.137. The average molecular weight is 293 g/mol. The summed E-state index contributed by atoms with van der Waals surface area (Å²) in [6.07, 6.45) is -0.435. The van der Waals surface area contributed by atoms with Crippen LogP contribution in [0.2, 0.25) is 0 Å². The molecular weight excluding hydrogens is 274 g/mol. The first kappa shape index (κ1) is 15.1. The number of likely N-dealkylation sites (tertiary alicyclic amines) is 1. The van der Waals surface area contributed by atoms with E-state index in [1.807, 2.05) is 0 Å². The minimum atomic E-state index is -0.741. The molecule has 2 rings (SSSR count). The summed E-state index contributed by atoms with van der Waals surface area (Å²) in [6.45, 7) is 0.269. The van der Waals surface area contributed by atoms with E-state index < -0.39 is 18.1 Å². The number of nitrogen functional groups attached to an aromatic ring is 1. The Hall–Kier alpha value is -2.28. The van der Waals surface area contributed by atoms with Gasteiger partial charge in [-0.1, -0.05) is 12.1 Å². The second kappa shape index (κ2) is 6.45. The Kier molecular flexibility index (Phi) is 4.64. The van der Waals surface area contributed by atoms with E-state index in [9.17, 15) is 14.7 Å². The number of rotatable bonds is 5. The molecule has 7 nitrogen and oxygen atoms in total. The fourth-order valence-electron chi connectivity index (χ4n) is 2.36. The smallest absolute Gasteiger partial charge is 0.240 e. The third kappa shape index (κ3) is 3.63. The number of aliphatic hydroxyl groups is 1. The minimum absolute atomic E-state index is 0.0881. The third-order valence-electron chi connectivity index (χ3n) is 3.42. The van der Waals surface area contributed by atoms with Crippen LogP contribution in [-0.4, -0.2) is 47.1 Å². The number of benzene rings is 1. The van der Waals surface area contributed by atoms with Gasteiger partial charge in [0.15, 0.2) is 0 Å². The maximum Gasteiger partial charge on any atom is 0.240 e. The molecule has 0 aromatic heterocycles. The number of carbonyl (C=O) groups excluding carboxylic acids is 2. The van der Waals surface area contributed by atoms with Crippen LogP contribution in [0.3, 0.4) is 0 Å². The molecule has 1 aliphatic rings. The van der Waals surface area contributed by atoms with E-state index in [-0.39, 0.29) is 31.9 Å². The van der Waals surface area contributed by atoms with Gasteiger partial charge in [-0.2, -0.15) is 0 Å². The first-order chi connectivity index (χ1) is 9.99. The maximum atomic E-state index is 12.1. The van der Waals surface area contributed by atoms with Gasteiger partial charge in [-0.15, -0.1) is 0 Å². The number of β-amino-alcohol motifs (C(OH)–C–C–N with tert-alkyl or cyclic N) is 1. The van der Waals surface area contributed by atoms with Crippen molar-refractivity contribution in [3.63, 3.8) is 0 Å². The van der Waals surface area contributed by atoms with E-state index in [1.54, 1.807) is 24.3 Å². The van der Waals surface area contributed by atoms with Crippen molar-refractivity contribution in [2.24, 2.45) is 5.73 Å². The first-order valence-corrected chi connectivity index (χ1v) is 6.73. The molecule has 7 heteroatoms. The standard InChI is InChI=1S/C14H19N3O4/c15-10-3-1-2-4-12(10)21-6-5-13(19)17-8-9(18)7-11(17)14(16)20/h1-4,9,11,18H,5-8,15H2,(H2,16,20). The summed E-state index contributed by atoms with van der Waals surface area (Å²) in [6, 6.07) is 6.25. The summed E-state index contributed by atoms with van der Waals surface area (Å²) in [5.41, 5.74) is 11.5. The normalized spacial score (nSPS) is 21.3. The average Bonchev–Trinajstić information content (AvgIpc) is 2.83. The number of para-hydroxylation sites is 2. The second-order valence-corrected chi connectivity index (χ2v) is 4.99. The number of ether oxygens (including phenoxy) is 1. The van der Waals surface area contributed by atoms with Crippen molar-refractivity contribution in [3.05, 3.63) is 24.3 Å². The minimum Gasteiger partial charge on any atom is -0.491 e. The number of aliphatic hydroxyl groups excluding tert-OH is 1. The van der Waals surface area contributed by atoms with E-state index in [0.29, 0.717) is 11.4 Å². The van der Waals surface area contributed by atoms with Crippen LogP contribution in [0.5, 0.6) is 5.75 Å². The summed E-state index contributed by atoms with van der Waals surface area (Å²) in [5.74, 6) is -0.365. The predicted octanol–water partition coefficient (Wildman–Crippen LogP) is -0.515. The molecule has 1 heterocycles. The van der Waals surface area contributed by atoms with Gasteiger partial charge < -0.3 is 26.2 Å². The molecule has 1 aromatic carbocycles. The Bertz CT molecular complexity index is 535. The van der Waals surface area contributed by atoms with Gasteiger partial charge in [-0.3, -0.25) is 9.59 Å². The van der Waals surface area contributed by atoms with Crippen molar-refractivity contribution in [1.29, 1.82) is 0 Å². The Morgan fingerprint density at radius 2 is 2.10 bits per heavy atom. The Balaban J connectivity index is 1.87. The lowest BCUT2D eigenvalue weighted by atomic mass is 10.2. The largest absolute Gasteiger partial charge is 0.491 e. The van der Waals surface area contributed by atoms with Gasteiger partial charge in [0.25, 0.3) is 0 Å². The van der Waals surface area contributed by atoms with Crippen LogP contribution in [0, 0.1) is 0 Å². The first-order valence-electron chi connectivity index (χ1n) is 6.73. The molecule has 0 bridgehead atoms. The molecule has 2 amide bonds. The maximum absolute atomic E-state index is 12.1. The molecule has 2 unspecified atom stereocenters. The van der Waals surface area contributed by atoms with Crippen LogP contribution in [0.1, 0.15) is 12.8 Å². The highest BCUT2D eigenvalue weighted by Crippen LogP contribution is 2.21. The quantitative estimate of drug-likeness (QED) is 0.631. The predicted molar refractivity (Wildman–Crippen MR) is 76.3 cm³/mol. The van der Waals surface area contributed by atoms with E-state index in [0.717, 1.165) is 0 Å². The fraction of sp³-hybridized carbons (Fsp3) is 0.429. The van der Waals surface area contributed by atoms with E-state index in [2.05, 4.69) is 0 Å². The monoisotopic (exact) mass is 293 g/mol. The van der Waals surface area contributed by atoms with Crippen molar-refractivity contribution in [1.82, 2.24) is 4.90 Å². The SMILES string of the molecule is NC(=O)C1CC(O)CN1C(=O)CCOc1ccccc1N. The molecule has 1 aliphatic heterocycles. The Labute approximate surface area is 122 Å². The molecule has 21 heavy (non-hydrogen) atoms. The Morgan fingerprint density at radius 3 is 2.76 bits per heavy atom. The van der Waals surface area contributed by atoms with Gasteiger partial charge >= 0.3 is 0 Å². The lowest BCUT2D eigenvalue weighted by Crippen LogP contribution is -2.44. The second-order valence-electron chi connectivity index (χ2n) is 4.99. The van der Waals surface area contributed by atoms with Gasteiger partial charge in [0.05, 0.1) is 24.8 Å². The number of nitrogens with two attached hydrogens (primary N) is 2. The molecule has 0 spiro atoms. The Morgan fingerprint density at radius 1 is 1.38 bits per heavy atom. The molecular formula is C14H19N3O4. The zero-order valence-corrected chi connectivity index (χ0v) is 11.6. The summed E-state index contributed by atoms with van der Waals surface area (Å²) in [5, 5.41) is 9.56. The molecule has 0 aliphatic carbocycles. The molecule has 0 saturated carbocycles. The molecule has 2 atom stereocenters. The summed E-state index contributed by atoms with van der Waals surface area (Å²) in [7, 11) is 0. The molecule has 1 fully saturated rings. The number of amides is 2. The van der Waals surface area contributed by atoms with Gasteiger partial charge in [0, 0.05) is 13.0 Å². The highest BCUT2D eigenvalue weighted by Gasteiger charge is 2.37. The molecule has 1 saturated heterocycles. The van der Waals surface area contributed by atoms with Gasteiger partial charge in [0.2, 0.25) is 11.8 Å². The van der Waals surface area contributed by atoms with Gasteiger partial charge in [-0.05, 0) is 12.1 Å². The van der Waals surface area contributed by atoms with E-state index >= 15 is 0 Å². The number of hydrogen-bond donors (Lipinski definition) is 3. The molecule has 114 valence electrons. The van der Waals surface area contributed by atoms with Crippen molar-refractivity contribution >= 4 is 17.5 Å². The lowest BCUT2D eigenvalue weighted by Gasteiger charge is -2.21. The summed E-state index contributed by atoms with van der Waals surface area (Å²) >= 11 is 0. The summed E-state index contributed by atoms with van der Waals surface area (Å²) in [4.78, 5) is 24.7. The number of nitrogens with zero attached hydrogens (tertiary/aromatic N) is 1.